The van der Waals surface area contributed by atoms with Gasteiger partial charge in [-0.05, 0) is 28.7 Å². The number of piperidine rings is 1. The zero-order valence-corrected chi connectivity index (χ0v) is 17.0. The number of nitrogens with one attached hydrogen (secondary N) is 1. The van der Waals surface area contributed by atoms with Gasteiger partial charge >= 0.3 is 0 Å². The second-order valence-electron chi connectivity index (χ2n) is 9.24. The van der Waals surface area contributed by atoms with Gasteiger partial charge in [0.1, 0.15) is 11.5 Å². The van der Waals surface area contributed by atoms with Gasteiger partial charge in [-0.25, -0.2) is 4.39 Å². The lowest BCUT2D eigenvalue weighted by molar-refractivity contribution is -0.135. The van der Waals surface area contributed by atoms with Crippen molar-refractivity contribution < 1.29 is 14.3 Å². The van der Waals surface area contributed by atoms with Crippen molar-refractivity contribution in [2.45, 2.75) is 44.8 Å². The molecule has 5 rings (SSSR count). The lowest BCUT2D eigenvalue weighted by atomic mass is 9.70. The average Bonchev–Trinajstić information content (AvgIpc) is 3.11. The van der Waals surface area contributed by atoms with Crippen molar-refractivity contribution in [3.05, 3.63) is 71.5 Å². The highest BCUT2D eigenvalue weighted by molar-refractivity contribution is 5.97. The molecule has 2 N–H and O–H groups in total. The molecule has 3 aromatic rings. The molecule has 2 aliphatic rings. The molecule has 0 saturated carbocycles. The van der Waals surface area contributed by atoms with E-state index < -0.39 is 5.72 Å². The summed E-state index contributed by atoms with van der Waals surface area (Å²) in [5.41, 5.74) is 1.87. The number of carbonyl (C=O) groups excluding carboxylic acids is 1. The average molecular weight is 405 g/mol. The predicted molar refractivity (Wildman–Crippen MR) is 112 cm³/mol. The fraction of sp³-hybridized carbons (Fsp3) is 0.333. The Hall–Kier alpha value is -2.99. The molecule has 0 bridgehead atoms. The number of aliphatic hydroxyl groups is 1. The fourth-order valence-corrected chi connectivity index (χ4v) is 5.18. The third kappa shape index (κ3) is 2.94. The minimum Gasteiger partial charge on any atom is -0.370 e. The Morgan fingerprint density at radius 1 is 1.13 bits per heavy atom. The van der Waals surface area contributed by atoms with E-state index in [1.807, 2.05) is 44.2 Å². The van der Waals surface area contributed by atoms with Crippen LogP contribution >= 0.6 is 0 Å². The summed E-state index contributed by atoms with van der Waals surface area (Å²) >= 11 is 0. The number of anilines is 1. The molecule has 2 aromatic carbocycles. The number of carbonyl (C=O) groups is 1. The standard InChI is InChI=1S/C24H24FN3O2/c1-23(2)13-19(29)28-22-20(21(26-27-22)16-6-4-3-5-7-16)18(12-24(28,30)14-23)15-8-10-17(25)11-9-15/h3-11,18,30H,12-14H2,1-2H3,(H,26,27)/t18-,24-/m0/s1. The Bertz CT molecular complexity index is 1110. The normalized spacial score (nSPS) is 25.0. The molecule has 1 amide bonds. The molecule has 0 spiro atoms. The van der Waals surface area contributed by atoms with Crippen molar-refractivity contribution in [1.29, 1.82) is 0 Å². The smallest absolute Gasteiger partial charge is 0.231 e. The van der Waals surface area contributed by atoms with Crippen LogP contribution < -0.4 is 4.90 Å². The van der Waals surface area contributed by atoms with Gasteiger partial charge < -0.3 is 5.11 Å². The molecule has 3 heterocycles. The van der Waals surface area contributed by atoms with Crippen molar-refractivity contribution in [2.75, 3.05) is 4.90 Å². The van der Waals surface area contributed by atoms with Crippen LogP contribution in [-0.4, -0.2) is 26.9 Å². The summed E-state index contributed by atoms with van der Waals surface area (Å²) in [6.45, 7) is 4.01. The first kappa shape index (κ1) is 19.0. The maximum absolute atomic E-state index is 13.6. The van der Waals surface area contributed by atoms with Crippen molar-refractivity contribution in [2.24, 2.45) is 5.41 Å². The number of fused-ring (bicyclic) bond motifs is 3. The number of amides is 1. The summed E-state index contributed by atoms with van der Waals surface area (Å²) in [4.78, 5) is 14.6. The van der Waals surface area contributed by atoms with Crippen molar-refractivity contribution in [1.82, 2.24) is 10.2 Å². The summed E-state index contributed by atoms with van der Waals surface area (Å²) < 4.78 is 13.6. The SMILES string of the molecule is CC1(C)CC(=O)N2c3n[nH]c(-c4ccccc4)c3[C@H](c3ccc(F)cc3)C[C@]2(O)C1. The number of hydrogen-bond donors (Lipinski definition) is 2. The van der Waals surface area contributed by atoms with Crippen LogP contribution in [0.3, 0.4) is 0 Å². The van der Waals surface area contributed by atoms with Gasteiger partial charge in [0.2, 0.25) is 5.91 Å². The molecule has 0 radical (unpaired) electrons. The van der Waals surface area contributed by atoms with Crippen LogP contribution in [0.1, 0.15) is 50.2 Å². The number of nitrogens with zero attached hydrogens (tertiary/aromatic N) is 2. The van der Waals surface area contributed by atoms with Crippen LogP contribution in [0, 0.1) is 11.2 Å². The Labute approximate surface area is 174 Å². The summed E-state index contributed by atoms with van der Waals surface area (Å²) in [5, 5.41) is 19.3. The molecule has 2 aliphatic heterocycles. The molecule has 5 nitrogen and oxygen atoms in total. The molecule has 1 aromatic heterocycles. The molecule has 1 fully saturated rings. The van der Waals surface area contributed by atoms with E-state index in [0.29, 0.717) is 25.1 Å². The van der Waals surface area contributed by atoms with Crippen LogP contribution in [-0.2, 0) is 4.79 Å². The van der Waals surface area contributed by atoms with Crippen LogP contribution in [0.5, 0.6) is 0 Å². The van der Waals surface area contributed by atoms with E-state index in [9.17, 15) is 14.3 Å². The van der Waals surface area contributed by atoms with E-state index in [4.69, 9.17) is 0 Å². The second-order valence-corrected chi connectivity index (χ2v) is 9.24. The summed E-state index contributed by atoms with van der Waals surface area (Å²) in [7, 11) is 0. The van der Waals surface area contributed by atoms with E-state index >= 15 is 0 Å². The van der Waals surface area contributed by atoms with Gasteiger partial charge in [0.25, 0.3) is 0 Å². The number of aromatic nitrogens is 2. The number of hydrogen-bond acceptors (Lipinski definition) is 3. The Morgan fingerprint density at radius 2 is 1.83 bits per heavy atom. The molecule has 154 valence electrons. The molecular formula is C24H24FN3O2. The first-order valence-electron chi connectivity index (χ1n) is 10.2. The third-order valence-electron chi connectivity index (χ3n) is 6.27. The summed E-state index contributed by atoms with van der Waals surface area (Å²) in [6.07, 6.45) is 1.14. The molecule has 6 heteroatoms. The topological polar surface area (TPSA) is 69.2 Å². The number of aromatic amines is 1. The van der Waals surface area contributed by atoms with Crippen molar-refractivity contribution in [3.8, 4) is 11.3 Å². The van der Waals surface area contributed by atoms with E-state index in [1.165, 1.54) is 17.0 Å². The predicted octanol–water partition coefficient (Wildman–Crippen LogP) is 4.59. The van der Waals surface area contributed by atoms with Crippen LogP contribution in [0.25, 0.3) is 11.3 Å². The maximum atomic E-state index is 13.6. The van der Waals surface area contributed by atoms with Gasteiger partial charge in [-0.15, -0.1) is 0 Å². The molecule has 1 saturated heterocycles. The minimum atomic E-state index is -1.34. The van der Waals surface area contributed by atoms with Crippen molar-refractivity contribution >= 4 is 11.7 Å². The summed E-state index contributed by atoms with van der Waals surface area (Å²) in [6, 6.07) is 16.2. The highest BCUT2D eigenvalue weighted by Gasteiger charge is 2.55. The van der Waals surface area contributed by atoms with Crippen LogP contribution in [0.2, 0.25) is 0 Å². The van der Waals surface area contributed by atoms with Gasteiger partial charge in [0.15, 0.2) is 5.82 Å². The molecule has 30 heavy (non-hydrogen) atoms. The minimum absolute atomic E-state index is 0.126. The zero-order chi connectivity index (χ0) is 21.1. The van der Waals surface area contributed by atoms with E-state index in [0.717, 1.165) is 22.4 Å². The highest BCUT2D eigenvalue weighted by Crippen LogP contribution is 2.54. The Morgan fingerprint density at radius 3 is 2.53 bits per heavy atom. The first-order valence-corrected chi connectivity index (χ1v) is 10.2. The maximum Gasteiger partial charge on any atom is 0.231 e. The lowest BCUT2D eigenvalue weighted by Gasteiger charge is -2.52. The second kappa shape index (κ2) is 6.51. The molecule has 2 atom stereocenters. The van der Waals surface area contributed by atoms with E-state index in [2.05, 4.69) is 10.2 Å². The van der Waals surface area contributed by atoms with Gasteiger partial charge in [-0.1, -0.05) is 56.3 Å². The van der Waals surface area contributed by atoms with Crippen LogP contribution in [0.4, 0.5) is 10.2 Å². The quantitative estimate of drug-likeness (QED) is 0.655. The monoisotopic (exact) mass is 405 g/mol. The number of rotatable bonds is 2. The fourth-order valence-electron chi connectivity index (χ4n) is 5.18. The highest BCUT2D eigenvalue weighted by atomic mass is 19.1. The van der Waals surface area contributed by atoms with Gasteiger partial charge in [0.05, 0.1) is 5.69 Å². The van der Waals surface area contributed by atoms with Gasteiger partial charge in [0, 0.05) is 30.7 Å². The number of halogens is 1. The zero-order valence-electron chi connectivity index (χ0n) is 17.0. The Balaban J connectivity index is 1.72. The molecule has 0 aliphatic carbocycles. The lowest BCUT2D eigenvalue weighted by Crippen LogP contribution is -2.61. The van der Waals surface area contributed by atoms with E-state index in [1.54, 1.807) is 12.1 Å². The first-order chi connectivity index (χ1) is 14.3. The van der Waals surface area contributed by atoms with Crippen LogP contribution in [0.15, 0.2) is 54.6 Å². The number of benzene rings is 2. The third-order valence-corrected chi connectivity index (χ3v) is 6.27. The number of H-pyrrole nitrogens is 1. The van der Waals surface area contributed by atoms with E-state index in [-0.39, 0.29) is 23.1 Å². The van der Waals surface area contributed by atoms with Gasteiger partial charge in [-0.3, -0.25) is 14.8 Å². The van der Waals surface area contributed by atoms with Crippen molar-refractivity contribution in [3.63, 3.8) is 0 Å². The van der Waals surface area contributed by atoms with Gasteiger partial charge in [-0.2, -0.15) is 5.10 Å². The Kier molecular flexibility index (Phi) is 4.12. The largest absolute Gasteiger partial charge is 0.370 e. The summed E-state index contributed by atoms with van der Waals surface area (Å²) in [5.74, 6) is -0.187. The molecular weight excluding hydrogens is 381 g/mol. The molecule has 0 unspecified atom stereocenters.